The topological polar surface area (TPSA) is 141 Å². The van der Waals surface area contributed by atoms with E-state index in [1.807, 2.05) is 38.1 Å². The minimum Gasteiger partial charge on any atom is -0.494 e. The number of ether oxygens (including phenoxy) is 1. The highest BCUT2D eigenvalue weighted by molar-refractivity contribution is 7.09. The minimum absolute atomic E-state index is 0.0426. The Balaban J connectivity index is 1.87. The number of hydrogen-bond acceptors (Lipinski definition) is 7. The van der Waals surface area contributed by atoms with Crippen LogP contribution >= 0.6 is 11.5 Å². The van der Waals surface area contributed by atoms with E-state index in [2.05, 4.69) is 9.69 Å². The number of anilines is 2. The largest absolute Gasteiger partial charge is 0.494 e. The van der Waals surface area contributed by atoms with Crippen LogP contribution in [0, 0.1) is 0 Å². The molecular formula is C28H33N5O4S. The highest BCUT2D eigenvalue weighted by atomic mass is 32.1. The molecule has 2 aromatic carbocycles. The lowest BCUT2D eigenvalue weighted by atomic mass is 9.99. The number of nitrogen functional groups attached to an aromatic ring is 1. The summed E-state index contributed by atoms with van der Waals surface area (Å²) in [5, 5.41) is 3.17. The van der Waals surface area contributed by atoms with Crippen LogP contribution in [0.2, 0.25) is 0 Å². The first-order chi connectivity index (χ1) is 18.3. The SMILES string of the molecule is CCOc1ccc([C@@H](C(=O)NC2CCCC2)N(C(=O)c2snc(C(N)=O)c2N)c2ccccc2CC)cc1. The lowest BCUT2D eigenvalue weighted by Crippen LogP contribution is -2.46. The van der Waals surface area contributed by atoms with Crippen molar-refractivity contribution in [2.75, 3.05) is 17.2 Å². The van der Waals surface area contributed by atoms with Crippen LogP contribution in [0.3, 0.4) is 0 Å². The number of hydrogen-bond donors (Lipinski definition) is 3. The van der Waals surface area contributed by atoms with Gasteiger partial charge in [-0.2, -0.15) is 4.37 Å². The Kier molecular flexibility index (Phi) is 8.62. The molecule has 0 bridgehead atoms. The van der Waals surface area contributed by atoms with E-state index < -0.39 is 17.9 Å². The van der Waals surface area contributed by atoms with Crippen molar-refractivity contribution in [2.45, 2.75) is 58.0 Å². The summed E-state index contributed by atoms with van der Waals surface area (Å²) in [7, 11) is 0. The number of carbonyl (C=O) groups is 3. The van der Waals surface area contributed by atoms with Crippen molar-refractivity contribution < 1.29 is 19.1 Å². The number of nitrogens with zero attached hydrogens (tertiary/aromatic N) is 2. The molecule has 10 heteroatoms. The first kappa shape index (κ1) is 27.1. The van der Waals surface area contributed by atoms with Gasteiger partial charge in [-0.15, -0.1) is 0 Å². The van der Waals surface area contributed by atoms with E-state index in [4.69, 9.17) is 16.2 Å². The van der Waals surface area contributed by atoms with E-state index >= 15 is 0 Å². The molecule has 0 radical (unpaired) electrons. The van der Waals surface area contributed by atoms with Gasteiger partial charge in [-0.25, -0.2) is 0 Å². The van der Waals surface area contributed by atoms with Crippen molar-refractivity contribution >= 4 is 40.6 Å². The molecule has 1 fully saturated rings. The molecule has 3 amide bonds. The highest BCUT2D eigenvalue weighted by Crippen LogP contribution is 2.36. The Hall–Kier alpha value is -3.92. The van der Waals surface area contributed by atoms with Gasteiger partial charge in [0.15, 0.2) is 5.69 Å². The van der Waals surface area contributed by atoms with Crippen molar-refractivity contribution in [3.8, 4) is 5.75 Å². The summed E-state index contributed by atoms with van der Waals surface area (Å²) >= 11 is 0.797. The fourth-order valence-corrected chi connectivity index (χ4v) is 5.57. The standard InChI is InChI=1S/C28H33N5O4S/c1-3-17-9-5-8-12-21(17)33(28(36)25-22(29)23(26(30)34)32-38-25)24(27(35)31-19-10-6-7-11-19)18-13-15-20(16-14-18)37-4-2/h5,8-9,12-16,19,24H,3-4,6-7,10-11,29H2,1-2H3,(H2,30,34)(H,31,35)/t24-/m0/s1. The van der Waals surface area contributed by atoms with Gasteiger partial charge in [-0.1, -0.05) is 50.1 Å². The first-order valence-electron chi connectivity index (χ1n) is 12.8. The van der Waals surface area contributed by atoms with E-state index in [-0.39, 0.29) is 28.2 Å². The zero-order valence-electron chi connectivity index (χ0n) is 21.6. The average molecular weight is 536 g/mol. The van der Waals surface area contributed by atoms with Gasteiger partial charge in [-0.3, -0.25) is 19.3 Å². The van der Waals surface area contributed by atoms with E-state index in [1.54, 1.807) is 24.3 Å². The third-order valence-electron chi connectivity index (χ3n) is 6.72. The van der Waals surface area contributed by atoms with Gasteiger partial charge < -0.3 is 21.5 Å². The number of aromatic nitrogens is 1. The molecule has 5 N–H and O–H groups in total. The smallest absolute Gasteiger partial charge is 0.273 e. The Morgan fingerprint density at radius 2 is 1.79 bits per heavy atom. The summed E-state index contributed by atoms with van der Waals surface area (Å²) in [6.07, 6.45) is 4.52. The van der Waals surface area contributed by atoms with Crippen LogP contribution in [0.1, 0.15) is 76.9 Å². The lowest BCUT2D eigenvalue weighted by molar-refractivity contribution is -0.123. The normalized spacial score (nSPS) is 14.2. The maximum Gasteiger partial charge on any atom is 0.273 e. The molecule has 38 heavy (non-hydrogen) atoms. The van der Waals surface area contributed by atoms with Crippen molar-refractivity contribution in [1.82, 2.24) is 9.69 Å². The number of benzene rings is 2. The summed E-state index contributed by atoms with van der Waals surface area (Å²) in [4.78, 5) is 41.6. The maximum atomic E-state index is 14.3. The second-order valence-electron chi connectivity index (χ2n) is 9.19. The molecule has 1 aliphatic rings. The molecule has 200 valence electrons. The van der Waals surface area contributed by atoms with Gasteiger partial charge in [0.1, 0.15) is 16.7 Å². The second kappa shape index (κ2) is 12.1. The molecule has 0 unspecified atom stereocenters. The van der Waals surface area contributed by atoms with Gasteiger partial charge in [0, 0.05) is 11.7 Å². The average Bonchev–Trinajstić information content (AvgIpc) is 3.57. The molecule has 9 nitrogen and oxygen atoms in total. The number of carbonyl (C=O) groups excluding carboxylic acids is 3. The maximum absolute atomic E-state index is 14.3. The molecule has 3 aromatic rings. The van der Waals surface area contributed by atoms with Crippen LogP contribution in [-0.2, 0) is 11.2 Å². The fourth-order valence-electron chi connectivity index (χ4n) is 4.83. The van der Waals surface area contributed by atoms with Crippen LogP contribution in [0.4, 0.5) is 11.4 Å². The predicted octanol–water partition coefficient (Wildman–Crippen LogP) is 4.23. The van der Waals surface area contributed by atoms with E-state index in [1.165, 1.54) is 4.90 Å². The Labute approximate surface area is 226 Å². The van der Waals surface area contributed by atoms with Gasteiger partial charge in [0.2, 0.25) is 5.91 Å². The number of nitrogens with one attached hydrogen (secondary N) is 1. The van der Waals surface area contributed by atoms with Gasteiger partial charge in [0.05, 0.1) is 12.3 Å². The quantitative estimate of drug-likeness (QED) is 0.355. The van der Waals surface area contributed by atoms with Crippen molar-refractivity contribution in [2.24, 2.45) is 5.73 Å². The van der Waals surface area contributed by atoms with E-state index in [9.17, 15) is 14.4 Å². The van der Waals surface area contributed by atoms with E-state index in [0.717, 1.165) is 42.8 Å². The van der Waals surface area contributed by atoms with Crippen molar-refractivity contribution in [1.29, 1.82) is 0 Å². The summed E-state index contributed by atoms with van der Waals surface area (Å²) in [6, 6.07) is 13.6. The number of nitrogens with two attached hydrogens (primary N) is 2. The van der Waals surface area contributed by atoms with Crippen LogP contribution in [0.15, 0.2) is 48.5 Å². The second-order valence-corrected chi connectivity index (χ2v) is 9.96. The third-order valence-corrected chi connectivity index (χ3v) is 7.57. The number of para-hydroxylation sites is 1. The number of rotatable bonds is 10. The van der Waals surface area contributed by atoms with Crippen LogP contribution in [0.25, 0.3) is 0 Å². The Morgan fingerprint density at radius 3 is 2.39 bits per heavy atom. The molecule has 1 aliphatic carbocycles. The zero-order chi connectivity index (χ0) is 27.2. The minimum atomic E-state index is -1.01. The summed E-state index contributed by atoms with van der Waals surface area (Å²) in [5.41, 5.74) is 13.4. The molecule has 0 spiro atoms. The molecule has 1 aromatic heterocycles. The number of primary amides is 1. The molecule has 0 saturated heterocycles. The van der Waals surface area contributed by atoms with Crippen molar-refractivity contribution in [3.05, 3.63) is 70.2 Å². The Morgan fingerprint density at radius 1 is 1.11 bits per heavy atom. The molecule has 1 atom stereocenters. The highest BCUT2D eigenvalue weighted by Gasteiger charge is 2.37. The van der Waals surface area contributed by atoms with Crippen LogP contribution < -0.4 is 26.4 Å². The van der Waals surface area contributed by atoms with Crippen molar-refractivity contribution in [3.63, 3.8) is 0 Å². The summed E-state index contributed by atoms with van der Waals surface area (Å²) < 4.78 is 9.62. The predicted molar refractivity (Wildman–Crippen MR) is 148 cm³/mol. The van der Waals surface area contributed by atoms with E-state index in [0.29, 0.717) is 30.0 Å². The fraction of sp³-hybridized carbons (Fsp3) is 0.357. The summed E-state index contributed by atoms with van der Waals surface area (Å²) in [5.74, 6) is -0.983. The lowest BCUT2D eigenvalue weighted by Gasteiger charge is -2.33. The molecule has 4 rings (SSSR count). The zero-order valence-corrected chi connectivity index (χ0v) is 22.4. The molecule has 0 aliphatic heterocycles. The molecular weight excluding hydrogens is 502 g/mol. The third kappa shape index (κ3) is 5.65. The monoisotopic (exact) mass is 535 g/mol. The van der Waals surface area contributed by atoms with Crippen LogP contribution in [0.5, 0.6) is 5.75 Å². The number of aryl methyl sites for hydroxylation is 1. The molecule has 1 saturated carbocycles. The van der Waals surface area contributed by atoms with Crippen LogP contribution in [-0.4, -0.2) is 34.7 Å². The Bertz CT molecular complexity index is 1300. The molecule has 1 heterocycles. The number of amides is 3. The van der Waals surface area contributed by atoms with Gasteiger partial charge >= 0.3 is 0 Å². The van der Waals surface area contributed by atoms with Gasteiger partial charge in [0.25, 0.3) is 11.8 Å². The summed E-state index contributed by atoms with van der Waals surface area (Å²) in [6.45, 7) is 4.39. The van der Waals surface area contributed by atoms with Gasteiger partial charge in [-0.05, 0) is 67.0 Å². The first-order valence-corrected chi connectivity index (χ1v) is 13.6.